The predicted molar refractivity (Wildman–Crippen MR) is 77.4 cm³/mol. The fourth-order valence-electron chi connectivity index (χ4n) is 2.11. The first-order valence-electron chi connectivity index (χ1n) is 6.34. The molecule has 0 aliphatic rings. The lowest BCUT2D eigenvalue weighted by atomic mass is 10.1. The molecule has 0 saturated carbocycles. The number of rotatable bonds is 7. The maximum atomic E-state index is 12.0. The van der Waals surface area contributed by atoms with E-state index in [-0.39, 0.29) is 17.4 Å². The predicted octanol–water partition coefficient (Wildman–Crippen LogP) is 1.28. The van der Waals surface area contributed by atoms with Gasteiger partial charge in [-0.2, -0.15) is 0 Å². The molecule has 0 aliphatic carbocycles. The highest BCUT2D eigenvalue weighted by atomic mass is 32.2. The van der Waals surface area contributed by atoms with E-state index in [0.29, 0.717) is 12.2 Å². The average Bonchev–Trinajstić information content (AvgIpc) is 2.39. The quantitative estimate of drug-likeness (QED) is 0.792. The summed E-state index contributed by atoms with van der Waals surface area (Å²) in [5, 5.41) is 8.89. The third-order valence-electron chi connectivity index (χ3n) is 3.08. The van der Waals surface area contributed by atoms with E-state index in [9.17, 15) is 13.2 Å². The molecule has 6 nitrogen and oxygen atoms in total. The van der Waals surface area contributed by atoms with Crippen LogP contribution >= 0.6 is 0 Å². The van der Waals surface area contributed by atoms with E-state index in [4.69, 9.17) is 5.11 Å². The second-order valence-corrected chi connectivity index (χ2v) is 6.26. The molecule has 0 aliphatic heterocycles. The topological polar surface area (TPSA) is 86.7 Å². The highest BCUT2D eigenvalue weighted by Crippen LogP contribution is 2.27. The van der Waals surface area contributed by atoms with Crippen LogP contribution in [0.4, 0.5) is 5.69 Å². The fourth-order valence-corrected chi connectivity index (χ4v) is 3.05. The third kappa shape index (κ3) is 3.71. The van der Waals surface area contributed by atoms with Crippen molar-refractivity contribution >= 4 is 21.7 Å². The summed E-state index contributed by atoms with van der Waals surface area (Å²) in [6.07, 6.45) is -0.0538. The highest BCUT2D eigenvalue weighted by Gasteiger charge is 2.23. The van der Waals surface area contributed by atoms with Crippen LogP contribution in [0.1, 0.15) is 20.3 Å². The number of hydrogen-bond donors (Lipinski definition) is 2. The Bertz CT molecular complexity index is 571. The Morgan fingerprint density at radius 2 is 2.00 bits per heavy atom. The molecule has 7 heteroatoms. The standard InChI is InChI=1S/C13H20N2O4S/c1-4-15(10(2)9-13(16)17)11-7-5-6-8-12(11)20(18,19)14-3/h5-8,10,14H,4,9H2,1-3H3,(H,16,17). The minimum atomic E-state index is -3.59. The SMILES string of the molecule is CCN(c1ccccc1S(=O)(=O)NC)C(C)CC(=O)O. The number of hydrogen-bond acceptors (Lipinski definition) is 4. The molecular formula is C13H20N2O4S. The van der Waals surface area contributed by atoms with Crippen LogP contribution in [-0.2, 0) is 14.8 Å². The Kier molecular flexibility index (Phi) is 5.52. The van der Waals surface area contributed by atoms with Crippen LogP contribution in [0.3, 0.4) is 0 Å². The lowest BCUT2D eigenvalue weighted by Gasteiger charge is -2.30. The Hall–Kier alpha value is -1.60. The van der Waals surface area contributed by atoms with Gasteiger partial charge in [0, 0.05) is 12.6 Å². The molecule has 0 fully saturated rings. The van der Waals surface area contributed by atoms with Gasteiger partial charge in [-0.1, -0.05) is 12.1 Å². The van der Waals surface area contributed by atoms with E-state index < -0.39 is 16.0 Å². The summed E-state index contributed by atoms with van der Waals surface area (Å²) in [4.78, 5) is 12.8. The molecule has 1 unspecified atom stereocenters. The largest absolute Gasteiger partial charge is 0.481 e. The number of nitrogens with zero attached hydrogens (tertiary/aromatic N) is 1. The van der Waals surface area contributed by atoms with Gasteiger partial charge in [-0.05, 0) is 33.0 Å². The van der Waals surface area contributed by atoms with Gasteiger partial charge in [-0.15, -0.1) is 0 Å². The number of anilines is 1. The van der Waals surface area contributed by atoms with Crippen molar-refractivity contribution in [3.05, 3.63) is 24.3 Å². The van der Waals surface area contributed by atoms with Gasteiger partial charge in [0.2, 0.25) is 10.0 Å². The van der Waals surface area contributed by atoms with Crippen molar-refractivity contribution in [2.75, 3.05) is 18.5 Å². The van der Waals surface area contributed by atoms with E-state index in [1.165, 1.54) is 13.1 Å². The fraction of sp³-hybridized carbons (Fsp3) is 0.462. The Morgan fingerprint density at radius 1 is 1.40 bits per heavy atom. The number of carboxylic acids is 1. The molecule has 0 saturated heterocycles. The second kappa shape index (κ2) is 6.71. The minimum Gasteiger partial charge on any atom is -0.481 e. The zero-order valence-electron chi connectivity index (χ0n) is 11.8. The van der Waals surface area contributed by atoms with E-state index in [2.05, 4.69) is 4.72 Å². The molecule has 1 aromatic carbocycles. The van der Waals surface area contributed by atoms with Gasteiger partial charge in [0.1, 0.15) is 4.90 Å². The summed E-state index contributed by atoms with van der Waals surface area (Å²) in [6, 6.07) is 6.28. The summed E-state index contributed by atoms with van der Waals surface area (Å²) < 4.78 is 26.4. The molecular weight excluding hydrogens is 280 g/mol. The molecule has 0 amide bonds. The van der Waals surface area contributed by atoms with Crippen LogP contribution in [0.25, 0.3) is 0 Å². The number of nitrogens with one attached hydrogen (secondary N) is 1. The molecule has 1 rings (SSSR count). The summed E-state index contributed by atoms with van der Waals surface area (Å²) in [5.41, 5.74) is 0.512. The summed E-state index contributed by atoms with van der Waals surface area (Å²) in [6.45, 7) is 4.15. The Labute approximate surface area is 119 Å². The molecule has 0 bridgehead atoms. The van der Waals surface area contributed by atoms with Crippen LogP contribution in [0, 0.1) is 0 Å². The number of carbonyl (C=O) groups is 1. The first kappa shape index (κ1) is 16.5. The van der Waals surface area contributed by atoms with Gasteiger partial charge in [0.05, 0.1) is 12.1 Å². The third-order valence-corrected chi connectivity index (χ3v) is 4.54. The second-order valence-electron chi connectivity index (χ2n) is 4.41. The molecule has 20 heavy (non-hydrogen) atoms. The molecule has 0 aromatic heterocycles. The van der Waals surface area contributed by atoms with E-state index in [1.54, 1.807) is 30.0 Å². The lowest BCUT2D eigenvalue weighted by molar-refractivity contribution is -0.137. The molecule has 0 radical (unpaired) electrons. The summed E-state index contributed by atoms with van der Waals surface area (Å²) in [5.74, 6) is -0.912. The van der Waals surface area contributed by atoms with Crippen molar-refractivity contribution in [1.29, 1.82) is 0 Å². The van der Waals surface area contributed by atoms with Crippen LogP contribution in [-0.4, -0.2) is 39.1 Å². The van der Waals surface area contributed by atoms with Crippen LogP contribution in [0.15, 0.2) is 29.2 Å². The van der Waals surface area contributed by atoms with Crippen molar-refractivity contribution in [2.24, 2.45) is 0 Å². The summed E-state index contributed by atoms with van der Waals surface area (Å²) >= 11 is 0. The number of para-hydroxylation sites is 1. The van der Waals surface area contributed by atoms with Gasteiger partial charge in [0.15, 0.2) is 0 Å². The normalized spacial score (nSPS) is 12.9. The monoisotopic (exact) mass is 300 g/mol. The molecule has 1 aromatic rings. The van der Waals surface area contributed by atoms with Gasteiger partial charge >= 0.3 is 5.97 Å². The molecule has 0 spiro atoms. The van der Waals surface area contributed by atoms with Gasteiger partial charge in [-0.25, -0.2) is 13.1 Å². The smallest absolute Gasteiger partial charge is 0.305 e. The van der Waals surface area contributed by atoms with Gasteiger partial charge < -0.3 is 10.0 Å². The molecule has 112 valence electrons. The highest BCUT2D eigenvalue weighted by molar-refractivity contribution is 7.89. The van der Waals surface area contributed by atoms with Crippen molar-refractivity contribution in [1.82, 2.24) is 4.72 Å². The number of carboxylic acid groups (broad SMARTS) is 1. The molecule has 1 atom stereocenters. The molecule has 0 heterocycles. The van der Waals surface area contributed by atoms with Gasteiger partial charge in [0.25, 0.3) is 0 Å². The number of aliphatic carboxylic acids is 1. The Morgan fingerprint density at radius 3 is 2.50 bits per heavy atom. The summed E-state index contributed by atoms with van der Waals surface area (Å²) in [7, 11) is -2.23. The van der Waals surface area contributed by atoms with Crippen molar-refractivity contribution in [3.63, 3.8) is 0 Å². The van der Waals surface area contributed by atoms with Crippen LogP contribution in [0.5, 0.6) is 0 Å². The van der Waals surface area contributed by atoms with E-state index in [1.807, 2.05) is 6.92 Å². The van der Waals surface area contributed by atoms with Gasteiger partial charge in [-0.3, -0.25) is 4.79 Å². The molecule has 2 N–H and O–H groups in total. The van der Waals surface area contributed by atoms with Crippen LogP contribution in [0.2, 0.25) is 0 Å². The van der Waals surface area contributed by atoms with E-state index >= 15 is 0 Å². The number of sulfonamides is 1. The van der Waals surface area contributed by atoms with Crippen molar-refractivity contribution < 1.29 is 18.3 Å². The zero-order valence-corrected chi connectivity index (χ0v) is 12.6. The van der Waals surface area contributed by atoms with E-state index in [0.717, 1.165) is 0 Å². The maximum absolute atomic E-state index is 12.0. The lowest BCUT2D eigenvalue weighted by Crippen LogP contribution is -2.36. The Balaban J connectivity index is 3.26. The first-order chi connectivity index (χ1) is 9.33. The minimum absolute atomic E-state index is 0.0538. The van der Waals surface area contributed by atoms with Crippen LogP contribution < -0.4 is 9.62 Å². The van der Waals surface area contributed by atoms with Crippen molar-refractivity contribution in [3.8, 4) is 0 Å². The van der Waals surface area contributed by atoms with Crippen molar-refractivity contribution in [2.45, 2.75) is 31.2 Å². The number of benzene rings is 1. The average molecular weight is 300 g/mol. The zero-order chi connectivity index (χ0) is 15.3. The maximum Gasteiger partial charge on any atom is 0.305 e. The first-order valence-corrected chi connectivity index (χ1v) is 7.82.